The van der Waals surface area contributed by atoms with Crippen molar-refractivity contribution in [3.63, 3.8) is 0 Å². The second kappa shape index (κ2) is 5.68. The van der Waals surface area contributed by atoms with Gasteiger partial charge in [-0.05, 0) is 38.8 Å². The second-order valence-electron chi connectivity index (χ2n) is 6.03. The molecule has 1 saturated carbocycles. The van der Waals surface area contributed by atoms with Crippen molar-refractivity contribution in [1.82, 2.24) is 0 Å². The number of hydrogen-bond acceptors (Lipinski definition) is 3. The van der Waals surface area contributed by atoms with Crippen LogP contribution in [0.3, 0.4) is 0 Å². The van der Waals surface area contributed by atoms with Crippen LogP contribution in [0.1, 0.15) is 46.0 Å². The molecule has 1 fully saturated rings. The fraction of sp³-hybridized carbons (Fsp3) is 0.562. The minimum absolute atomic E-state index is 0.0998. The minimum atomic E-state index is -3.64. The Balaban J connectivity index is 2.31. The Morgan fingerprint density at radius 1 is 1.05 bits per heavy atom. The average Bonchev–Trinajstić information content (AvgIpc) is 2.48. The number of Topliss-reactive ketones (excluding diaryl/α,β-unsaturated/α-hetero) is 1. The van der Waals surface area contributed by atoms with E-state index >= 15 is 0 Å². The molecule has 20 heavy (non-hydrogen) atoms. The summed E-state index contributed by atoms with van der Waals surface area (Å²) in [7, 11) is -3.64. The summed E-state index contributed by atoms with van der Waals surface area (Å²) in [5, 5.41) is 0. The first-order chi connectivity index (χ1) is 9.37. The summed E-state index contributed by atoms with van der Waals surface area (Å²) < 4.78 is 24.1. The molecule has 0 amide bonds. The molecule has 0 unspecified atom stereocenters. The Kier molecular flexibility index (Phi) is 4.33. The molecule has 0 spiro atoms. The van der Waals surface area contributed by atoms with Gasteiger partial charge in [0, 0.05) is 5.92 Å². The van der Waals surface area contributed by atoms with Crippen LogP contribution in [0.25, 0.3) is 0 Å². The van der Waals surface area contributed by atoms with Gasteiger partial charge in [0.1, 0.15) is 4.75 Å². The standard InChI is InChI=1S/C16H22O3S/c1-16(2,15(17)13-9-5-3-6-10-13)20(18,19)14-11-7-4-8-12-14/h4,7-8,11-13H,3,5-6,9-10H2,1-2H3. The molecule has 2 rings (SSSR count). The summed E-state index contributed by atoms with van der Waals surface area (Å²) in [6, 6.07) is 8.27. The fourth-order valence-corrected chi connectivity index (χ4v) is 4.42. The Bertz CT molecular complexity index is 567. The van der Waals surface area contributed by atoms with Crippen LogP contribution < -0.4 is 0 Å². The third-order valence-electron chi connectivity index (χ3n) is 4.29. The van der Waals surface area contributed by atoms with Gasteiger partial charge in [0.25, 0.3) is 0 Å². The number of carbonyl (C=O) groups is 1. The van der Waals surface area contributed by atoms with Crippen LogP contribution in [0, 0.1) is 5.92 Å². The first kappa shape index (κ1) is 15.2. The van der Waals surface area contributed by atoms with E-state index in [0.29, 0.717) is 0 Å². The van der Waals surface area contributed by atoms with Gasteiger partial charge in [0.15, 0.2) is 15.6 Å². The molecule has 0 aliphatic heterocycles. The van der Waals surface area contributed by atoms with Crippen molar-refractivity contribution in [3.8, 4) is 0 Å². The number of carbonyl (C=O) groups excluding carboxylic acids is 1. The monoisotopic (exact) mass is 294 g/mol. The summed E-state index contributed by atoms with van der Waals surface area (Å²) >= 11 is 0. The zero-order chi connectivity index (χ0) is 14.8. The van der Waals surface area contributed by atoms with Crippen molar-refractivity contribution >= 4 is 15.6 Å². The molecule has 4 heteroatoms. The highest BCUT2D eigenvalue weighted by Gasteiger charge is 2.45. The Morgan fingerprint density at radius 3 is 2.15 bits per heavy atom. The fourth-order valence-electron chi connectivity index (χ4n) is 2.88. The third kappa shape index (κ3) is 2.66. The normalized spacial score (nSPS) is 17.9. The van der Waals surface area contributed by atoms with Crippen molar-refractivity contribution in [3.05, 3.63) is 30.3 Å². The summed E-state index contributed by atoms with van der Waals surface area (Å²) in [4.78, 5) is 12.9. The quantitative estimate of drug-likeness (QED) is 0.855. The van der Waals surface area contributed by atoms with Crippen LogP contribution in [0.4, 0.5) is 0 Å². The molecule has 0 N–H and O–H groups in total. The Labute approximate surface area is 121 Å². The van der Waals surface area contributed by atoms with E-state index in [1.54, 1.807) is 44.2 Å². The van der Waals surface area contributed by atoms with Crippen molar-refractivity contribution in [1.29, 1.82) is 0 Å². The zero-order valence-corrected chi connectivity index (χ0v) is 12.9. The van der Waals surface area contributed by atoms with E-state index in [-0.39, 0.29) is 16.6 Å². The van der Waals surface area contributed by atoms with E-state index in [4.69, 9.17) is 0 Å². The molecular weight excluding hydrogens is 272 g/mol. The summed E-state index contributed by atoms with van der Waals surface area (Å²) in [6.07, 6.45) is 4.85. The highest BCUT2D eigenvalue weighted by atomic mass is 32.2. The molecule has 1 aromatic carbocycles. The molecule has 0 bridgehead atoms. The maximum Gasteiger partial charge on any atom is 0.190 e. The van der Waals surface area contributed by atoms with E-state index in [0.717, 1.165) is 32.1 Å². The van der Waals surface area contributed by atoms with E-state index in [9.17, 15) is 13.2 Å². The lowest BCUT2D eigenvalue weighted by atomic mass is 9.82. The molecular formula is C16H22O3S. The maximum atomic E-state index is 12.7. The first-order valence-corrected chi connectivity index (χ1v) is 8.69. The average molecular weight is 294 g/mol. The van der Waals surface area contributed by atoms with Gasteiger partial charge < -0.3 is 0 Å². The van der Waals surface area contributed by atoms with Gasteiger partial charge in [0.2, 0.25) is 0 Å². The number of hydrogen-bond donors (Lipinski definition) is 0. The van der Waals surface area contributed by atoms with Gasteiger partial charge in [-0.2, -0.15) is 0 Å². The number of sulfone groups is 1. The molecule has 0 aromatic heterocycles. The van der Waals surface area contributed by atoms with Crippen LogP contribution in [0.15, 0.2) is 35.2 Å². The van der Waals surface area contributed by atoms with E-state index in [1.807, 2.05) is 0 Å². The van der Waals surface area contributed by atoms with Gasteiger partial charge in [0.05, 0.1) is 4.90 Å². The van der Waals surface area contributed by atoms with Gasteiger partial charge >= 0.3 is 0 Å². The van der Waals surface area contributed by atoms with Crippen LogP contribution >= 0.6 is 0 Å². The Hall–Kier alpha value is -1.16. The topological polar surface area (TPSA) is 51.2 Å². The first-order valence-electron chi connectivity index (χ1n) is 7.21. The molecule has 0 heterocycles. The van der Waals surface area contributed by atoms with E-state index < -0.39 is 14.6 Å². The lowest BCUT2D eigenvalue weighted by Crippen LogP contribution is -2.44. The van der Waals surface area contributed by atoms with Gasteiger partial charge in [-0.3, -0.25) is 4.79 Å². The summed E-state index contributed by atoms with van der Waals surface area (Å²) in [5.41, 5.74) is 0. The molecule has 1 aliphatic carbocycles. The van der Waals surface area contributed by atoms with Crippen LogP contribution in [-0.2, 0) is 14.6 Å². The largest absolute Gasteiger partial charge is 0.298 e. The second-order valence-corrected chi connectivity index (χ2v) is 8.52. The zero-order valence-electron chi connectivity index (χ0n) is 12.1. The van der Waals surface area contributed by atoms with Crippen LogP contribution in [0.2, 0.25) is 0 Å². The third-order valence-corrected chi connectivity index (χ3v) is 6.73. The number of rotatable bonds is 4. The highest BCUT2D eigenvalue weighted by molar-refractivity contribution is 7.93. The predicted octanol–water partition coefficient (Wildman–Crippen LogP) is 3.39. The number of ketones is 1. The Morgan fingerprint density at radius 2 is 1.60 bits per heavy atom. The molecule has 0 saturated heterocycles. The van der Waals surface area contributed by atoms with Gasteiger partial charge in [-0.25, -0.2) is 8.42 Å². The highest BCUT2D eigenvalue weighted by Crippen LogP contribution is 2.34. The maximum absolute atomic E-state index is 12.7. The summed E-state index contributed by atoms with van der Waals surface area (Å²) in [6.45, 7) is 3.10. The molecule has 0 radical (unpaired) electrons. The lowest BCUT2D eigenvalue weighted by molar-refractivity contribution is -0.125. The van der Waals surface area contributed by atoms with E-state index in [2.05, 4.69) is 0 Å². The van der Waals surface area contributed by atoms with Crippen LogP contribution in [-0.4, -0.2) is 18.9 Å². The SMILES string of the molecule is CC(C)(C(=O)C1CCCCC1)S(=O)(=O)c1ccccc1. The van der Waals surface area contributed by atoms with Crippen LogP contribution in [0.5, 0.6) is 0 Å². The minimum Gasteiger partial charge on any atom is -0.298 e. The molecule has 0 atom stereocenters. The van der Waals surface area contributed by atoms with Crippen molar-refractivity contribution in [2.24, 2.45) is 5.92 Å². The number of benzene rings is 1. The lowest BCUT2D eigenvalue weighted by Gasteiger charge is -2.30. The van der Waals surface area contributed by atoms with E-state index in [1.165, 1.54) is 0 Å². The predicted molar refractivity (Wildman–Crippen MR) is 79.3 cm³/mol. The van der Waals surface area contributed by atoms with Crippen molar-refractivity contribution < 1.29 is 13.2 Å². The molecule has 1 aliphatic rings. The van der Waals surface area contributed by atoms with Crippen molar-refractivity contribution in [2.45, 2.75) is 55.6 Å². The summed E-state index contributed by atoms with van der Waals surface area (Å²) in [5.74, 6) is -0.224. The van der Waals surface area contributed by atoms with Gasteiger partial charge in [-0.15, -0.1) is 0 Å². The smallest absolute Gasteiger partial charge is 0.190 e. The van der Waals surface area contributed by atoms with Gasteiger partial charge in [-0.1, -0.05) is 37.5 Å². The molecule has 110 valence electrons. The molecule has 1 aromatic rings. The van der Waals surface area contributed by atoms with Crippen molar-refractivity contribution in [2.75, 3.05) is 0 Å². The molecule has 3 nitrogen and oxygen atoms in total.